The van der Waals surface area contributed by atoms with Crippen molar-refractivity contribution in [3.8, 4) is 5.75 Å². The number of benzene rings is 2. The molecule has 3 rings (SSSR count). The van der Waals surface area contributed by atoms with Gasteiger partial charge in [0.1, 0.15) is 11.3 Å². The first-order valence-electron chi connectivity index (χ1n) is 6.54. The Bertz CT molecular complexity index is 914. The Morgan fingerprint density at radius 3 is 2.77 bits per heavy atom. The second-order valence-corrected chi connectivity index (χ2v) is 5.13. The molecular formula is C15H13N3O3S. The maximum Gasteiger partial charge on any atom is 0.339 e. The Labute approximate surface area is 130 Å². The van der Waals surface area contributed by atoms with Crippen molar-refractivity contribution in [1.29, 1.82) is 0 Å². The Hall–Kier alpha value is -2.80. The van der Waals surface area contributed by atoms with Gasteiger partial charge in [-0.3, -0.25) is 4.57 Å². The van der Waals surface area contributed by atoms with E-state index in [1.165, 1.54) is 12.1 Å². The summed E-state index contributed by atoms with van der Waals surface area (Å²) in [6.07, 6.45) is 0. The van der Waals surface area contributed by atoms with Crippen LogP contribution in [0, 0.1) is 4.77 Å². The van der Waals surface area contributed by atoms with Crippen molar-refractivity contribution < 1.29 is 15.0 Å². The molecule has 1 aromatic heterocycles. The smallest absolute Gasteiger partial charge is 0.339 e. The lowest BCUT2D eigenvalue weighted by atomic mass is 10.2. The van der Waals surface area contributed by atoms with Crippen LogP contribution in [0.15, 0.2) is 42.5 Å². The summed E-state index contributed by atoms with van der Waals surface area (Å²) >= 11 is 5.29. The number of aromatic hydroxyl groups is 1. The number of para-hydroxylation sites is 2. The average Bonchev–Trinajstić information content (AvgIpc) is 2.80. The number of fused-ring (bicyclic) bond motifs is 1. The molecule has 0 radical (unpaired) electrons. The van der Waals surface area contributed by atoms with E-state index in [4.69, 9.17) is 17.3 Å². The number of carbonyl (C=O) groups is 1. The molecule has 0 unspecified atom stereocenters. The number of aromatic amines is 1. The van der Waals surface area contributed by atoms with Gasteiger partial charge in [0.05, 0.1) is 17.7 Å². The molecule has 0 aliphatic carbocycles. The van der Waals surface area contributed by atoms with E-state index in [1.807, 2.05) is 28.8 Å². The van der Waals surface area contributed by atoms with Crippen LogP contribution in [0.5, 0.6) is 5.75 Å². The van der Waals surface area contributed by atoms with Crippen molar-refractivity contribution in [1.82, 2.24) is 9.55 Å². The summed E-state index contributed by atoms with van der Waals surface area (Å²) in [4.78, 5) is 14.0. The van der Waals surface area contributed by atoms with E-state index in [1.54, 1.807) is 6.07 Å². The summed E-state index contributed by atoms with van der Waals surface area (Å²) < 4.78 is 2.47. The van der Waals surface area contributed by atoms with Gasteiger partial charge in [0.2, 0.25) is 0 Å². The van der Waals surface area contributed by atoms with Crippen LogP contribution < -0.4 is 5.32 Å². The fourth-order valence-corrected chi connectivity index (χ4v) is 2.53. The Balaban J connectivity index is 1.85. The molecule has 0 fully saturated rings. The van der Waals surface area contributed by atoms with Crippen LogP contribution in [0.2, 0.25) is 0 Å². The molecule has 0 amide bonds. The number of hydrogen-bond acceptors (Lipinski definition) is 4. The van der Waals surface area contributed by atoms with E-state index in [9.17, 15) is 9.90 Å². The van der Waals surface area contributed by atoms with Crippen LogP contribution in [0.25, 0.3) is 11.0 Å². The highest BCUT2D eigenvalue weighted by Gasteiger charge is 2.10. The molecule has 0 bridgehead atoms. The lowest BCUT2D eigenvalue weighted by Gasteiger charge is -2.09. The van der Waals surface area contributed by atoms with Gasteiger partial charge < -0.3 is 20.5 Å². The summed E-state index contributed by atoms with van der Waals surface area (Å²) in [5.41, 5.74) is 2.38. The van der Waals surface area contributed by atoms with Crippen LogP contribution in [0.4, 0.5) is 5.69 Å². The molecule has 22 heavy (non-hydrogen) atoms. The number of H-pyrrole nitrogens is 1. The number of aromatic nitrogens is 2. The van der Waals surface area contributed by atoms with Crippen LogP contribution >= 0.6 is 12.2 Å². The third kappa shape index (κ3) is 2.53. The van der Waals surface area contributed by atoms with Crippen molar-refractivity contribution in [3.05, 3.63) is 52.8 Å². The van der Waals surface area contributed by atoms with Gasteiger partial charge in [-0.15, -0.1) is 0 Å². The van der Waals surface area contributed by atoms with Gasteiger partial charge in [0.15, 0.2) is 4.77 Å². The van der Waals surface area contributed by atoms with Gasteiger partial charge in [0.25, 0.3) is 0 Å². The minimum atomic E-state index is -1.16. The number of hydrogen-bond donors (Lipinski definition) is 4. The van der Waals surface area contributed by atoms with Crippen molar-refractivity contribution in [2.75, 3.05) is 5.32 Å². The van der Waals surface area contributed by atoms with Gasteiger partial charge in [0, 0.05) is 11.8 Å². The highest BCUT2D eigenvalue weighted by molar-refractivity contribution is 7.71. The van der Waals surface area contributed by atoms with Crippen molar-refractivity contribution >= 4 is 34.9 Å². The highest BCUT2D eigenvalue weighted by atomic mass is 32.1. The average molecular weight is 315 g/mol. The molecule has 4 N–H and O–H groups in total. The molecule has 112 valence electrons. The van der Waals surface area contributed by atoms with Crippen LogP contribution in [0.1, 0.15) is 10.4 Å². The van der Waals surface area contributed by atoms with Gasteiger partial charge in [-0.25, -0.2) is 4.79 Å². The minimum Gasteiger partial charge on any atom is -0.507 e. The van der Waals surface area contributed by atoms with Gasteiger partial charge >= 0.3 is 5.97 Å². The van der Waals surface area contributed by atoms with E-state index in [0.717, 1.165) is 11.0 Å². The number of rotatable bonds is 4. The van der Waals surface area contributed by atoms with E-state index < -0.39 is 5.97 Å². The van der Waals surface area contributed by atoms with E-state index in [0.29, 0.717) is 17.1 Å². The molecule has 2 aromatic carbocycles. The maximum atomic E-state index is 10.9. The van der Waals surface area contributed by atoms with Crippen LogP contribution in [-0.2, 0) is 6.67 Å². The molecule has 6 nitrogen and oxygen atoms in total. The molecule has 0 aliphatic heterocycles. The van der Waals surface area contributed by atoms with E-state index in [2.05, 4.69) is 10.3 Å². The third-order valence-corrected chi connectivity index (χ3v) is 3.67. The summed E-state index contributed by atoms with van der Waals surface area (Å²) in [6.45, 7) is 0.398. The van der Waals surface area contributed by atoms with Gasteiger partial charge in [-0.1, -0.05) is 12.1 Å². The quantitative estimate of drug-likeness (QED) is 0.555. The molecular weight excluding hydrogens is 302 g/mol. The molecule has 0 saturated carbocycles. The van der Waals surface area contributed by atoms with Gasteiger partial charge in [-0.05, 0) is 36.5 Å². The summed E-state index contributed by atoms with van der Waals surface area (Å²) in [7, 11) is 0. The zero-order chi connectivity index (χ0) is 15.7. The van der Waals surface area contributed by atoms with Crippen molar-refractivity contribution in [2.45, 2.75) is 6.67 Å². The Morgan fingerprint density at radius 1 is 1.27 bits per heavy atom. The molecule has 0 spiro atoms. The lowest BCUT2D eigenvalue weighted by molar-refractivity contribution is 0.0694. The first kappa shape index (κ1) is 14.2. The van der Waals surface area contributed by atoms with Gasteiger partial charge in [-0.2, -0.15) is 0 Å². The number of phenols is 1. The minimum absolute atomic E-state index is 0.130. The predicted molar refractivity (Wildman–Crippen MR) is 85.8 cm³/mol. The highest BCUT2D eigenvalue weighted by Crippen LogP contribution is 2.22. The zero-order valence-corrected chi connectivity index (χ0v) is 12.2. The van der Waals surface area contributed by atoms with Crippen molar-refractivity contribution in [3.63, 3.8) is 0 Å². The fraction of sp³-hybridized carbons (Fsp3) is 0.0667. The molecule has 3 aromatic rings. The number of anilines is 1. The predicted octanol–water partition coefficient (Wildman–Crippen LogP) is 3.17. The number of carboxylic acids is 1. The summed E-state index contributed by atoms with van der Waals surface area (Å²) in [6, 6.07) is 12.1. The number of aromatic carboxylic acids is 1. The monoisotopic (exact) mass is 315 g/mol. The molecule has 0 saturated heterocycles. The zero-order valence-electron chi connectivity index (χ0n) is 11.4. The second-order valence-electron chi connectivity index (χ2n) is 4.75. The van der Waals surface area contributed by atoms with Crippen LogP contribution in [-0.4, -0.2) is 25.7 Å². The number of nitrogens with zero attached hydrogens (tertiary/aromatic N) is 1. The standard InChI is InChI=1S/C15H13N3O3S/c19-13-7-9(5-6-10(13)14(20)21)16-8-18-12-4-2-1-3-11(12)17-15(18)22/h1-7,16,19H,8H2,(H,17,22)(H,20,21). The SMILES string of the molecule is O=C(O)c1ccc(NCn2c(=S)[nH]c3ccccc32)cc1O. The summed E-state index contributed by atoms with van der Waals surface area (Å²) in [5.74, 6) is -1.44. The first-order valence-corrected chi connectivity index (χ1v) is 6.95. The molecule has 0 atom stereocenters. The van der Waals surface area contributed by atoms with E-state index >= 15 is 0 Å². The second kappa shape index (κ2) is 5.53. The summed E-state index contributed by atoms with van der Waals surface area (Å²) in [5, 5.41) is 21.7. The van der Waals surface area contributed by atoms with E-state index in [-0.39, 0.29) is 11.3 Å². The largest absolute Gasteiger partial charge is 0.507 e. The number of imidazole rings is 1. The number of carboxylic acid groups (broad SMARTS) is 1. The first-order chi connectivity index (χ1) is 10.6. The molecule has 1 heterocycles. The maximum absolute atomic E-state index is 10.9. The van der Waals surface area contributed by atoms with Crippen molar-refractivity contribution in [2.24, 2.45) is 0 Å². The normalized spacial score (nSPS) is 10.7. The van der Waals surface area contributed by atoms with Crippen LogP contribution in [0.3, 0.4) is 0 Å². The topological polar surface area (TPSA) is 90.3 Å². The Kier molecular flexibility index (Phi) is 3.56. The third-order valence-electron chi connectivity index (χ3n) is 3.35. The Morgan fingerprint density at radius 2 is 2.05 bits per heavy atom. The molecule has 0 aliphatic rings. The lowest BCUT2D eigenvalue weighted by Crippen LogP contribution is -2.08. The molecule has 7 heteroatoms. The number of nitrogens with one attached hydrogen (secondary N) is 2. The fourth-order valence-electron chi connectivity index (χ4n) is 2.26.